The highest BCUT2D eigenvalue weighted by atomic mass is 19.1. The molecule has 21 heavy (non-hydrogen) atoms. The van der Waals surface area contributed by atoms with Crippen LogP contribution in [0.2, 0.25) is 0 Å². The number of halogens is 1. The average molecular weight is 285 g/mol. The average Bonchev–Trinajstić information content (AvgIpc) is 3.12. The lowest BCUT2D eigenvalue weighted by molar-refractivity contribution is 0.488. The highest BCUT2D eigenvalue weighted by Crippen LogP contribution is 2.26. The third kappa shape index (κ3) is 2.67. The smallest absolute Gasteiger partial charge is 0.143 e. The molecule has 3 aromatic rings. The van der Waals surface area contributed by atoms with Crippen molar-refractivity contribution in [3.05, 3.63) is 72.0 Å². The van der Waals surface area contributed by atoms with Gasteiger partial charge in [-0.25, -0.2) is 9.37 Å². The van der Waals surface area contributed by atoms with Crippen LogP contribution in [-0.4, -0.2) is 9.55 Å². The highest BCUT2D eigenvalue weighted by molar-refractivity contribution is 5.48. The van der Waals surface area contributed by atoms with Crippen molar-refractivity contribution in [1.29, 1.82) is 0 Å². The SMILES string of the molecule is Cc1cc(NC(c2ccco2)c2nccn2C)ccc1F. The van der Waals surface area contributed by atoms with E-state index in [1.165, 1.54) is 6.07 Å². The first-order chi connectivity index (χ1) is 10.1. The zero-order valence-electron chi connectivity index (χ0n) is 11.9. The molecule has 1 unspecified atom stereocenters. The molecule has 1 aromatic carbocycles. The fourth-order valence-electron chi connectivity index (χ4n) is 2.27. The standard InChI is InChI=1S/C16H16FN3O/c1-11-10-12(5-6-13(11)17)19-15(14-4-3-9-21-14)16-18-7-8-20(16)2/h3-10,15,19H,1-2H3. The van der Waals surface area contributed by atoms with Crippen molar-refractivity contribution in [3.63, 3.8) is 0 Å². The minimum atomic E-state index is -0.232. The van der Waals surface area contributed by atoms with E-state index in [-0.39, 0.29) is 11.9 Å². The maximum absolute atomic E-state index is 13.4. The predicted octanol–water partition coefficient (Wildman–Crippen LogP) is 3.66. The Morgan fingerprint density at radius 3 is 2.81 bits per heavy atom. The van der Waals surface area contributed by atoms with Crippen molar-refractivity contribution < 1.29 is 8.81 Å². The molecular formula is C16H16FN3O. The molecule has 0 bridgehead atoms. The number of rotatable bonds is 4. The van der Waals surface area contributed by atoms with E-state index in [9.17, 15) is 4.39 Å². The second-order valence-electron chi connectivity index (χ2n) is 4.95. The summed E-state index contributed by atoms with van der Waals surface area (Å²) in [6, 6.07) is 8.43. The predicted molar refractivity (Wildman–Crippen MR) is 78.5 cm³/mol. The number of imidazole rings is 1. The summed E-state index contributed by atoms with van der Waals surface area (Å²) in [4.78, 5) is 4.37. The zero-order chi connectivity index (χ0) is 14.8. The molecule has 0 saturated carbocycles. The van der Waals surface area contributed by atoms with E-state index in [0.717, 1.165) is 17.3 Å². The topological polar surface area (TPSA) is 43.0 Å². The van der Waals surface area contributed by atoms with Gasteiger partial charge in [0.1, 0.15) is 23.4 Å². The first kappa shape index (κ1) is 13.4. The number of nitrogens with one attached hydrogen (secondary N) is 1. The van der Waals surface area contributed by atoms with Crippen molar-refractivity contribution in [2.75, 3.05) is 5.32 Å². The van der Waals surface area contributed by atoms with Gasteiger partial charge in [-0.3, -0.25) is 0 Å². The highest BCUT2D eigenvalue weighted by Gasteiger charge is 2.21. The molecule has 3 rings (SSSR count). The molecule has 108 valence electrons. The van der Waals surface area contributed by atoms with Crippen molar-refractivity contribution in [2.45, 2.75) is 13.0 Å². The van der Waals surface area contributed by atoms with E-state index < -0.39 is 0 Å². The lowest BCUT2D eigenvalue weighted by Gasteiger charge is -2.18. The number of hydrogen-bond acceptors (Lipinski definition) is 3. The van der Waals surface area contributed by atoms with Crippen LogP contribution >= 0.6 is 0 Å². The maximum Gasteiger partial charge on any atom is 0.143 e. The van der Waals surface area contributed by atoms with E-state index in [4.69, 9.17) is 4.42 Å². The fraction of sp³-hybridized carbons (Fsp3) is 0.188. The number of hydrogen-bond donors (Lipinski definition) is 1. The summed E-state index contributed by atoms with van der Waals surface area (Å²) in [6.07, 6.45) is 5.24. The minimum Gasteiger partial charge on any atom is -0.467 e. The molecule has 0 amide bonds. The lowest BCUT2D eigenvalue weighted by Crippen LogP contribution is -2.16. The van der Waals surface area contributed by atoms with Gasteiger partial charge in [-0.15, -0.1) is 0 Å². The van der Waals surface area contributed by atoms with Gasteiger partial charge in [0.05, 0.1) is 6.26 Å². The Hall–Kier alpha value is -2.56. The number of aromatic nitrogens is 2. The number of furan rings is 1. The molecule has 4 nitrogen and oxygen atoms in total. The van der Waals surface area contributed by atoms with Gasteiger partial charge in [-0.2, -0.15) is 0 Å². The summed E-state index contributed by atoms with van der Waals surface area (Å²) in [6.45, 7) is 1.74. The van der Waals surface area contributed by atoms with Gasteiger partial charge >= 0.3 is 0 Å². The number of aryl methyl sites for hydroxylation is 2. The Morgan fingerprint density at radius 1 is 1.33 bits per heavy atom. The van der Waals surface area contributed by atoms with E-state index in [2.05, 4.69) is 10.3 Å². The van der Waals surface area contributed by atoms with Crippen LogP contribution in [0, 0.1) is 12.7 Å². The largest absolute Gasteiger partial charge is 0.467 e. The molecule has 0 saturated heterocycles. The molecule has 0 fully saturated rings. The number of nitrogens with zero attached hydrogens (tertiary/aromatic N) is 2. The molecule has 0 aliphatic rings. The van der Waals surface area contributed by atoms with Crippen LogP contribution in [0.15, 0.2) is 53.4 Å². The van der Waals surface area contributed by atoms with Gasteiger partial charge in [0.15, 0.2) is 0 Å². The first-order valence-electron chi connectivity index (χ1n) is 6.68. The Balaban J connectivity index is 1.97. The van der Waals surface area contributed by atoms with E-state index in [0.29, 0.717) is 5.56 Å². The van der Waals surface area contributed by atoms with Crippen LogP contribution in [0.5, 0.6) is 0 Å². The molecule has 1 atom stereocenters. The van der Waals surface area contributed by atoms with Crippen LogP contribution in [0.3, 0.4) is 0 Å². The molecule has 0 spiro atoms. The van der Waals surface area contributed by atoms with Gasteiger partial charge in [-0.05, 0) is 42.8 Å². The molecule has 5 heteroatoms. The van der Waals surface area contributed by atoms with Crippen LogP contribution in [0.25, 0.3) is 0 Å². The summed E-state index contributed by atoms with van der Waals surface area (Å²) in [5, 5.41) is 3.35. The molecular weight excluding hydrogens is 269 g/mol. The fourth-order valence-corrected chi connectivity index (χ4v) is 2.27. The van der Waals surface area contributed by atoms with Crippen LogP contribution < -0.4 is 5.32 Å². The molecule has 0 aliphatic carbocycles. The second-order valence-corrected chi connectivity index (χ2v) is 4.95. The third-order valence-electron chi connectivity index (χ3n) is 3.41. The van der Waals surface area contributed by atoms with Crippen molar-refractivity contribution >= 4 is 5.69 Å². The lowest BCUT2D eigenvalue weighted by atomic mass is 10.1. The molecule has 2 aromatic heterocycles. The van der Waals surface area contributed by atoms with Gasteiger partial charge in [-0.1, -0.05) is 0 Å². The molecule has 2 heterocycles. The van der Waals surface area contributed by atoms with Crippen molar-refractivity contribution in [1.82, 2.24) is 9.55 Å². The Bertz CT molecular complexity index is 734. The van der Waals surface area contributed by atoms with Crippen LogP contribution in [0.4, 0.5) is 10.1 Å². The Kier molecular flexibility index (Phi) is 3.48. The summed E-state index contributed by atoms with van der Waals surface area (Å²) in [5.41, 5.74) is 1.41. The summed E-state index contributed by atoms with van der Waals surface area (Å²) < 4.78 is 20.8. The Morgan fingerprint density at radius 2 is 2.19 bits per heavy atom. The zero-order valence-corrected chi connectivity index (χ0v) is 11.9. The number of benzene rings is 1. The maximum atomic E-state index is 13.4. The minimum absolute atomic E-state index is 0.216. The molecule has 1 N–H and O–H groups in total. The van der Waals surface area contributed by atoms with Gasteiger partial charge in [0, 0.05) is 25.1 Å². The van der Waals surface area contributed by atoms with Crippen molar-refractivity contribution in [2.24, 2.45) is 7.05 Å². The normalized spacial score (nSPS) is 12.3. The Labute approximate surface area is 122 Å². The summed E-state index contributed by atoms with van der Waals surface area (Å²) >= 11 is 0. The second kappa shape index (κ2) is 5.44. The van der Waals surface area contributed by atoms with E-state index in [1.54, 1.807) is 31.5 Å². The van der Waals surface area contributed by atoms with Gasteiger partial charge in [0.2, 0.25) is 0 Å². The van der Waals surface area contributed by atoms with Crippen LogP contribution in [0.1, 0.15) is 23.2 Å². The quantitative estimate of drug-likeness (QED) is 0.795. The monoisotopic (exact) mass is 285 g/mol. The van der Waals surface area contributed by atoms with E-state index >= 15 is 0 Å². The van der Waals surface area contributed by atoms with E-state index in [1.807, 2.05) is 29.9 Å². The first-order valence-corrected chi connectivity index (χ1v) is 6.68. The third-order valence-corrected chi connectivity index (χ3v) is 3.41. The van der Waals surface area contributed by atoms with Crippen LogP contribution in [-0.2, 0) is 7.05 Å². The summed E-state index contributed by atoms with van der Waals surface area (Å²) in [7, 11) is 1.93. The van der Waals surface area contributed by atoms with Crippen molar-refractivity contribution in [3.8, 4) is 0 Å². The summed E-state index contributed by atoms with van der Waals surface area (Å²) in [5.74, 6) is 1.37. The number of anilines is 1. The van der Waals surface area contributed by atoms with Gasteiger partial charge < -0.3 is 14.3 Å². The molecule has 0 radical (unpaired) electrons. The molecule has 0 aliphatic heterocycles. The van der Waals surface area contributed by atoms with Gasteiger partial charge in [0.25, 0.3) is 0 Å².